The summed E-state index contributed by atoms with van der Waals surface area (Å²) in [7, 11) is 0. The molecule has 0 amide bonds. The lowest BCUT2D eigenvalue weighted by atomic mass is 10.0. The normalized spacial score (nSPS) is 11.3. The van der Waals surface area contributed by atoms with Crippen LogP contribution in [0, 0.1) is 5.82 Å². The van der Waals surface area contributed by atoms with Gasteiger partial charge in [0, 0.05) is 28.3 Å². The van der Waals surface area contributed by atoms with Crippen LogP contribution >= 0.6 is 27.7 Å². The Balaban J connectivity index is 1.70. The van der Waals surface area contributed by atoms with Crippen molar-refractivity contribution in [2.45, 2.75) is 24.1 Å². The monoisotopic (exact) mass is 563 g/mol. The van der Waals surface area contributed by atoms with Gasteiger partial charge in [-0.1, -0.05) is 42.5 Å². The molecule has 0 aliphatic rings. The summed E-state index contributed by atoms with van der Waals surface area (Å²) in [5.41, 5.74) is 3.13. The molecule has 7 heteroatoms. The summed E-state index contributed by atoms with van der Waals surface area (Å²) in [6.07, 6.45) is 0. The first-order valence-electron chi connectivity index (χ1n) is 11.5. The van der Waals surface area contributed by atoms with Gasteiger partial charge < -0.3 is 14.4 Å². The van der Waals surface area contributed by atoms with Crippen LogP contribution in [0.25, 0.3) is 21.7 Å². The van der Waals surface area contributed by atoms with Crippen LogP contribution in [0.5, 0.6) is 5.75 Å². The zero-order chi connectivity index (χ0) is 25.2. The number of hydrogen-bond acceptors (Lipinski definition) is 4. The summed E-state index contributed by atoms with van der Waals surface area (Å²) in [5, 5.41) is 13.4. The number of nitrogens with zero attached hydrogens (tertiary/aromatic N) is 1. The summed E-state index contributed by atoms with van der Waals surface area (Å²) in [5.74, 6) is -0.224. The molecule has 0 saturated carbocycles. The number of carbonyl (C=O) groups is 1. The van der Waals surface area contributed by atoms with Gasteiger partial charge in [-0.3, -0.25) is 0 Å². The van der Waals surface area contributed by atoms with Crippen LogP contribution < -0.4 is 0 Å². The minimum atomic E-state index is -0.435. The van der Waals surface area contributed by atoms with Crippen molar-refractivity contribution in [2.75, 3.05) is 6.61 Å². The van der Waals surface area contributed by atoms with E-state index >= 15 is 0 Å². The summed E-state index contributed by atoms with van der Waals surface area (Å²) in [6, 6.07) is 24.2. The lowest BCUT2D eigenvalue weighted by molar-refractivity contribution is 0.0527. The molecule has 0 aliphatic heterocycles. The second kappa shape index (κ2) is 10.4. The van der Waals surface area contributed by atoms with E-state index in [4.69, 9.17) is 4.74 Å². The number of carbonyl (C=O) groups excluding carboxylic acids is 1. The minimum absolute atomic E-state index is 0.0492. The lowest BCUT2D eigenvalue weighted by Crippen LogP contribution is -2.10. The molecule has 5 rings (SSSR count). The minimum Gasteiger partial charge on any atom is -0.507 e. The van der Waals surface area contributed by atoms with Crippen molar-refractivity contribution in [1.29, 1.82) is 0 Å². The van der Waals surface area contributed by atoms with Crippen molar-refractivity contribution in [1.82, 2.24) is 4.57 Å². The second-order valence-electron chi connectivity index (χ2n) is 8.33. The van der Waals surface area contributed by atoms with Crippen LogP contribution in [0.3, 0.4) is 0 Å². The number of fused-ring (bicyclic) bond motifs is 2. The maximum absolute atomic E-state index is 13.5. The van der Waals surface area contributed by atoms with Gasteiger partial charge in [-0.05, 0) is 75.6 Å². The summed E-state index contributed by atoms with van der Waals surface area (Å²) in [4.78, 5) is 14.1. The number of benzene rings is 4. The molecule has 0 fully saturated rings. The summed E-state index contributed by atoms with van der Waals surface area (Å²) >= 11 is 4.95. The average Bonchev–Trinajstić information content (AvgIpc) is 3.16. The fourth-order valence-electron chi connectivity index (χ4n) is 4.46. The second-order valence-corrected chi connectivity index (χ2v) is 10.2. The standard InChI is InChI=1S/C29H23BrFNO3S/c1-2-35-29(34)28-23-14-27(33)24(30)15-25(23)32(26(28)17-36-21-12-10-20(31)11-13-21)16-19-8-5-7-18-6-3-4-9-22(18)19/h3-15,33H,2,16-17H2,1H3. The number of ether oxygens (including phenoxy) is 1. The zero-order valence-corrected chi connectivity index (χ0v) is 21.9. The Hall–Kier alpha value is -3.29. The summed E-state index contributed by atoms with van der Waals surface area (Å²) < 4.78 is 21.6. The number of halogens is 2. The molecule has 4 nitrogen and oxygen atoms in total. The quantitative estimate of drug-likeness (QED) is 0.161. The molecule has 0 saturated heterocycles. The highest BCUT2D eigenvalue weighted by molar-refractivity contribution is 9.10. The third-order valence-electron chi connectivity index (χ3n) is 6.12. The Morgan fingerprint density at radius 1 is 1.03 bits per heavy atom. The van der Waals surface area contributed by atoms with Crippen molar-refractivity contribution in [3.8, 4) is 5.75 Å². The molecule has 182 valence electrons. The van der Waals surface area contributed by atoms with Gasteiger partial charge in [0.2, 0.25) is 0 Å². The fourth-order valence-corrected chi connectivity index (χ4v) is 5.72. The van der Waals surface area contributed by atoms with Gasteiger partial charge in [0.05, 0.1) is 22.2 Å². The van der Waals surface area contributed by atoms with E-state index in [9.17, 15) is 14.3 Å². The molecular weight excluding hydrogens is 541 g/mol. The molecule has 4 aromatic carbocycles. The Bertz CT molecular complexity index is 1570. The maximum Gasteiger partial charge on any atom is 0.340 e. The number of aromatic nitrogens is 1. The van der Waals surface area contributed by atoms with Crippen LogP contribution in [-0.4, -0.2) is 22.2 Å². The Morgan fingerprint density at radius 3 is 2.56 bits per heavy atom. The van der Waals surface area contributed by atoms with Crippen molar-refractivity contribution < 1.29 is 19.0 Å². The third kappa shape index (κ3) is 4.73. The molecule has 5 aromatic rings. The molecule has 0 atom stereocenters. The molecule has 0 spiro atoms. The van der Waals surface area contributed by atoms with Crippen molar-refractivity contribution >= 4 is 55.3 Å². The molecule has 0 unspecified atom stereocenters. The third-order valence-corrected chi connectivity index (χ3v) is 7.78. The zero-order valence-electron chi connectivity index (χ0n) is 19.5. The van der Waals surface area contributed by atoms with Crippen molar-refractivity contribution in [2.24, 2.45) is 0 Å². The number of esters is 1. The van der Waals surface area contributed by atoms with Crippen LogP contribution in [0.15, 0.2) is 88.2 Å². The van der Waals surface area contributed by atoms with E-state index in [1.807, 2.05) is 24.3 Å². The number of phenols is 1. The van der Waals surface area contributed by atoms with Crippen LogP contribution in [0.2, 0.25) is 0 Å². The van der Waals surface area contributed by atoms with E-state index in [-0.39, 0.29) is 18.2 Å². The Kier molecular flexibility index (Phi) is 7.03. The molecule has 1 heterocycles. The number of phenolic OH excluding ortho intramolecular Hbond substituents is 1. The number of rotatable bonds is 7. The molecular formula is C29H23BrFNO3S. The molecule has 0 aliphatic carbocycles. The van der Waals surface area contributed by atoms with Gasteiger partial charge in [-0.2, -0.15) is 0 Å². The van der Waals surface area contributed by atoms with Crippen LogP contribution in [0.1, 0.15) is 28.5 Å². The molecule has 0 bridgehead atoms. The number of thioether (sulfide) groups is 1. The topological polar surface area (TPSA) is 51.5 Å². The van der Waals surface area contributed by atoms with E-state index in [1.165, 1.54) is 23.9 Å². The predicted molar refractivity (Wildman–Crippen MR) is 146 cm³/mol. The van der Waals surface area contributed by atoms with Crippen LogP contribution in [0.4, 0.5) is 4.39 Å². The first kappa shape index (κ1) is 24.4. The van der Waals surface area contributed by atoms with Crippen molar-refractivity contribution in [3.63, 3.8) is 0 Å². The molecule has 0 radical (unpaired) electrons. The van der Waals surface area contributed by atoms with Gasteiger partial charge in [-0.25, -0.2) is 9.18 Å². The van der Waals surface area contributed by atoms with Gasteiger partial charge in [0.15, 0.2) is 0 Å². The van der Waals surface area contributed by atoms with Gasteiger partial charge >= 0.3 is 5.97 Å². The lowest BCUT2D eigenvalue weighted by Gasteiger charge is -2.14. The van der Waals surface area contributed by atoms with Crippen LogP contribution in [-0.2, 0) is 17.0 Å². The molecule has 36 heavy (non-hydrogen) atoms. The highest BCUT2D eigenvalue weighted by Gasteiger charge is 2.25. The number of hydrogen-bond donors (Lipinski definition) is 1. The fraction of sp³-hybridized carbons (Fsp3) is 0.138. The molecule has 1 N–H and O–H groups in total. The Morgan fingerprint density at radius 2 is 1.78 bits per heavy atom. The highest BCUT2D eigenvalue weighted by Crippen LogP contribution is 2.38. The van der Waals surface area contributed by atoms with Gasteiger partial charge in [0.25, 0.3) is 0 Å². The van der Waals surface area contributed by atoms with E-state index in [1.54, 1.807) is 25.1 Å². The van der Waals surface area contributed by atoms with Gasteiger partial charge in [-0.15, -0.1) is 11.8 Å². The smallest absolute Gasteiger partial charge is 0.340 e. The SMILES string of the molecule is CCOC(=O)c1c(CSc2ccc(F)cc2)n(Cc2cccc3ccccc23)c2cc(Br)c(O)cc12. The largest absolute Gasteiger partial charge is 0.507 e. The van der Waals surface area contributed by atoms with Gasteiger partial charge in [0.1, 0.15) is 11.6 Å². The van der Waals surface area contributed by atoms with E-state index in [0.29, 0.717) is 27.7 Å². The molecule has 1 aromatic heterocycles. The maximum atomic E-state index is 13.5. The first-order valence-corrected chi connectivity index (χ1v) is 13.3. The van der Waals surface area contributed by atoms with E-state index in [0.717, 1.165) is 32.4 Å². The average molecular weight is 564 g/mol. The highest BCUT2D eigenvalue weighted by atomic mass is 79.9. The van der Waals surface area contributed by atoms with E-state index < -0.39 is 5.97 Å². The number of aromatic hydroxyl groups is 1. The first-order chi connectivity index (χ1) is 17.5. The summed E-state index contributed by atoms with van der Waals surface area (Å²) in [6.45, 7) is 2.53. The Labute approximate surface area is 220 Å². The van der Waals surface area contributed by atoms with Crippen molar-refractivity contribution in [3.05, 3.63) is 106 Å². The van der Waals surface area contributed by atoms with E-state index in [2.05, 4.69) is 44.8 Å². The predicted octanol–water partition coefficient (Wildman–Crippen LogP) is 7.92.